The van der Waals surface area contributed by atoms with Crippen LogP contribution in [0.25, 0.3) is 10.2 Å². The number of thiophene rings is 1. The van der Waals surface area contributed by atoms with Crippen molar-refractivity contribution >= 4 is 50.4 Å². The molecule has 0 radical (unpaired) electrons. The summed E-state index contributed by atoms with van der Waals surface area (Å²) in [7, 11) is 1.67. The van der Waals surface area contributed by atoms with Crippen molar-refractivity contribution in [1.29, 1.82) is 0 Å². The van der Waals surface area contributed by atoms with Gasteiger partial charge in [-0.05, 0) is 43.2 Å². The molecule has 2 heterocycles. The van der Waals surface area contributed by atoms with Gasteiger partial charge in [0.25, 0.3) is 5.91 Å². The minimum Gasteiger partial charge on any atom is -0.383 e. The Morgan fingerprint density at radius 1 is 1.29 bits per heavy atom. The van der Waals surface area contributed by atoms with Gasteiger partial charge >= 0.3 is 0 Å². The molecule has 1 aromatic carbocycles. The van der Waals surface area contributed by atoms with Crippen LogP contribution < -0.4 is 4.80 Å². The van der Waals surface area contributed by atoms with Gasteiger partial charge < -0.3 is 9.30 Å². The van der Waals surface area contributed by atoms with Gasteiger partial charge in [0.1, 0.15) is 0 Å². The van der Waals surface area contributed by atoms with E-state index in [1.165, 1.54) is 33.8 Å². The van der Waals surface area contributed by atoms with Gasteiger partial charge in [0.15, 0.2) is 4.80 Å². The molecular formula is C17H17ClN2O2S2. The topological polar surface area (TPSA) is 43.6 Å². The first kappa shape index (κ1) is 17.4. The number of aromatic nitrogens is 1. The van der Waals surface area contributed by atoms with Crippen molar-refractivity contribution in [2.75, 3.05) is 13.7 Å². The second-order valence-corrected chi connectivity index (χ2v) is 8.20. The molecule has 4 nitrogen and oxygen atoms in total. The molecule has 3 aromatic rings. The third-order valence-corrected chi connectivity index (χ3v) is 5.86. The third-order valence-electron chi connectivity index (χ3n) is 3.61. The number of methoxy groups -OCH3 is 1. The second-order valence-electron chi connectivity index (χ2n) is 5.48. The predicted octanol–water partition coefficient (Wildman–Crippen LogP) is 4.42. The summed E-state index contributed by atoms with van der Waals surface area (Å²) in [6.07, 6.45) is 0. The van der Waals surface area contributed by atoms with E-state index in [4.69, 9.17) is 16.3 Å². The lowest BCUT2D eigenvalue weighted by Gasteiger charge is -2.07. The number of hydrogen-bond donors (Lipinski definition) is 0. The number of amides is 1. The maximum absolute atomic E-state index is 12.4. The molecule has 0 N–H and O–H groups in total. The molecule has 2 aromatic heterocycles. The molecule has 0 atom stereocenters. The largest absolute Gasteiger partial charge is 0.383 e. The van der Waals surface area contributed by atoms with Crippen LogP contribution in [0.3, 0.4) is 0 Å². The molecule has 0 unspecified atom stereocenters. The fraction of sp³-hybridized carbons (Fsp3) is 0.294. The number of carbonyl (C=O) groups excluding carboxylic acids is 1. The van der Waals surface area contributed by atoms with Crippen molar-refractivity contribution in [1.82, 2.24) is 4.57 Å². The van der Waals surface area contributed by atoms with E-state index in [2.05, 4.69) is 35.5 Å². The molecule has 0 aliphatic heterocycles. The zero-order valence-electron chi connectivity index (χ0n) is 13.6. The highest BCUT2D eigenvalue weighted by atomic mass is 35.5. The van der Waals surface area contributed by atoms with Crippen molar-refractivity contribution in [3.63, 3.8) is 0 Å². The van der Waals surface area contributed by atoms with Crippen molar-refractivity contribution in [3.05, 3.63) is 49.4 Å². The number of halogens is 1. The zero-order valence-corrected chi connectivity index (χ0v) is 16.0. The lowest BCUT2D eigenvalue weighted by molar-refractivity contribution is 0.100. The standard InChI is InChI=1S/C17H17ClN2O2S2/c1-10-8-11(2)15-13(9-10)24-17(20(15)6-7-22-3)19-16(21)12-4-5-14(18)23-12/h4-5,8-9H,6-7H2,1-3H3. The molecule has 3 rings (SSSR count). The van der Waals surface area contributed by atoms with Crippen LogP contribution in [0.15, 0.2) is 29.3 Å². The quantitative estimate of drug-likeness (QED) is 0.672. The molecule has 0 saturated carbocycles. The summed E-state index contributed by atoms with van der Waals surface area (Å²) >= 11 is 8.68. The van der Waals surface area contributed by atoms with E-state index in [9.17, 15) is 4.79 Å². The fourth-order valence-electron chi connectivity index (χ4n) is 2.64. The Morgan fingerprint density at radius 3 is 2.75 bits per heavy atom. The van der Waals surface area contributed by atoms with E-state index in [-0.39, 0.29) is 5.91 Å². The molecule has 0 saturated heterocycles. The highest BCUT2D eigenvalue weighted by Gasteiger charge is 2.12. The summed E-state index contributed by atoms with van der Waals surface area (Å²) in [6, 6.07) is 7.69. The van der Waals surface area contributed by atoms with Gasteiger partial charge in [-0.2, -0.15) is 4.99 Å². The third kappa shape index (κ3) is 3.47. The molecule has 0 aliphatic carbocycles. The highest BCUT2D eigenvalue weighted by Crippen LogP contribution is 2.24. The predicted molar refractivity (Wildman–Crippen MR) is 100 cm³/mol. The first-order valence-corrected chi connectivity index (χ1v) is 9.44. The summed E-state index contributed by atoms with van der Waals surface area (Å²) in [4.78, 5) is 18.0. The smallest absolute Gasteiger partial charge is 0.289 e. The number of benzene rings is 1. The van der Waals surface area contributed by atoms with Gasteiger partial charge in [0.2, 0.25) is 0 Å². The Bertz CT molecular complexity index is 969. The van der Waals surface area contributed by atoms with Crippen LogP contribution in [-0.4, -0.2) is 24.2 Å². The van der Waals surface area contributed by atoms with Crippen molar-refractivity contribution < 1.29 is 9.53 Å². The summed E-state index contributed by atoms with van der Waals surface area (Å²) in [5, 5.41) is 0. The van der Waals surface area contributed by atoms with Crippen LogP contribution >= 0.6 is 34.3 Å². The molecular weight excluding hydrogens is 364 g/mol. The second kappa shape index (κ2) is 7.19. The van der Waals surface area contributed by atoms with Crippen molar-refractivity contribution in [2.24, 2.45) is 4.99 Å². The molecule has 0 spiro atoms. The maximum Gasteiger partial charge on any atom is 0.289 e. The summed E-state index contributed by atoms with van der Waals surface area (Å²) < 4.78 is 8.99. The SMILES string of the molecule is COCCn1c(=NC(=O)c2ccc(Cl)s2)sc2cc(C)cc(C)c21. The first-order chi connectivity index (χ1) is 11.5. The average Bonchev–Trinajstić information content (AvgIpc) is 3.09. The average molecular weight is 381 g/mol. The van der Waals surface area contributed by atoms with Gasteiger partial charge in [0, 0.05) is 13.7 Å². The van der Waals surface area contributed by atoms with E-state index in [0.717, 1.165) is 10.2 Å². The van der Waals surface area contributed by atoms with Crippen LogP contribution in [-0.2, 0) is 11.3 Å². The normalized spacial score (nSPS) is 12.2. The number of fused-ring (bicyclic) bond motifs is 1. The number of rotatable bonds is 4. The van der Waals surface area contributed by atoms with Crippen LogP contribution in [0, 0.1) is 13.8 Å². The van der Waals surface area contributed by atoms with Crippen LogP contribution in [0.1, 0.15) is 20.8 Å². The van der Waals surface area contributed by atoms with Gasteiger partial charge in [-0.25, -0.2) is 0 Å². The molecule has 7 heteroatoms. The summed E-state index contributed by atoms with van der Waals surface area (Å²) in [5.41, 5.74) is 3.48. The highest BCUT2D eigenvalue weighted by molar-refractivity contribution is 7.18. The first-order valence-electron chi connectivity index (χ1n) is 7.43. The van der Waals surface area contributed by atoms with E-state index >= 15 is 0 Å². The molecule has 0 aliphatic rings. The Morgan fingerprint density at radius 2 is 2.08 bits per heavy atom. The van der Waals surface area contributed by atoms with E-state index in [1.54, 1.807) is 19.2 Å². The van der Waals surface area contributed by atoms with E-state index in [0.29, 0.717) is 27.2 Å². The molecule has 1 amide bonds. The number of thiazole rings is 1. The summed E-state index contributed by atoms with van der Waals surface area (Å²) in [6.45, 7) is 5.36. The Kier molecular flexibility index (Phi) is 5.20. The van der Waals surface area contributed by atoms with Gasteiger partial charge in [-0.15, -0.1) is 11.3 Å². The Balaban J connectivity index is 2.17. The van der Waals surface area contributed by atoms with Crippen molar-refractivity contribution in [3.8, 4) is 0 Å². The minimum atomic E-state index is -0.265. The van der Waals surface area contributed by atoms with E-state index in [1.807, 2.05) is 0 Å². The Labute approximate surface area is 153 Å². The van der Waals surface area contributed by atoms with E-state index < -0.39 is 0 Å². The van der Waals surface area contributed by atoms with Crippen molar-refractivity contribution in [2.45, 2.75) is 20.4 Å². The monoisotopic (exact) mass is 380 g/mol. The molecule has 24 heavy (non-hydrogen) atoms. The fourth-order valence-corrected chi connectivity index (χ4v) is 4.80. The Hall–Kier alpha value is -1.47. The van der Waals surface area contributed by atoms with Crippen LogP contribution in [0.4, 0.5) is 0 Å². The van der Waals surface area contributed by atoms with Crippen LogP contribution in [0.2, 0.25) is 4.34 Å². The maximum atomic E-state index is 12.4. The number of aryl methyl sites for hydroxylation is 2. The summed E-state index contributed by atoms with van der Waals surface area (Å²) in [5.74, 6) is -0.265. The lowest BCUT2D eigenvalue weighted by Crippen LogP contribution is -2.19. The number of ether oxygens (including phenoxy) is 1. The molecule has 0 fully saturated rings. The van der Waals surface area contributed by atoms with Gasteiger partial charge in [-0.3, -0.25) is 4.79 Å². The molecule has 126 valence electrons. The number of hydrogen-bond acceptors (Lipinski definition) is 4. The van der Waals surface area contributed by atoms with Crippen LogP contribution in [0.5, 0.6) is 0 Å². The minimum absolute atomic E-state index is 0.265. The number of carbonyl (C=O) groups is 1. The van der Waals surface area contributed by atoms with Gasteiger partial charge in [-0.1, -0.05) is 29.0 Å². The number of nitrogens with zero attached hydrogens (tertiary/aromatic N) is 2. The zero-order chi connectivity index (χ0) is 17.3. The lowest BCUT2D eigenvalue weighted by atomic mass is 10.1. The molecule has 0 bridgehead atoms. The van der Waals surface area contributed by atoms with Gasteiger partial charge in [0.05, 0.1) is 26.0 Å².